The number of halogens is 2. The van der Waals surface area contributed by atoms with Gasteiger partial charge in [0.2, 0.25) is 0 Å². The van der Waals surface area contributed by atoms with Gasteiger partial charge in [-0.25, -0.2) is 0 Å². The number of morpholine rings is 1. The van der Waals surface area contributed by atoms with E-state index in [1.165, 1.54) is 0 Å². The van der Waals surface area contributed by atoms with E-state index in [1.807, 2.05) is 0 Å². The highest BCUT2D eigenvalue weighted by molar-refractivity contribution is 5.85. The Labute approximate surface area is 73.5 Å². The molecule has 3 nitrogen and oxygen atoms in total. The molecule has 0 aromatic carbocycles. The molecular weight excluding hydrogens is 175 g/mol. The van der Waals surface area contributed by atoms with Crippen LogP contribution in [-0.2, 0) is 4.74 Å². The monoisotopic (exact) mass is 188 g/mol. The van der Waals surface area contributed by atoms with Crippen molar-refractivity contribution in [2.24, 2.45) is 5.73 Å². The van der Waals surface area contributed by atoms with Crippen LogP contribution in [0.1, 0.15) is 0 Å². The van der Waals surface area contributed by atoms with Gasteiger partial charge in [0.15, 0.2) is 0 Å². The van der Waals surface area contributed by atoms with E-state index in [-0.39, 0.29) is 30.9 Å². The largest absolute Gasteiger partial charge is 0.374 e. The zero-order chi connectivity index (χ0) is 5.82. The molecule has 0 aliphatic carbocycles. The summed E-state index contributed by atoms with van der Waals surface area (Å²) in [6.07, 6.45) is 0.253. The Bertz CT molecular complexity index is 68.7. The smallest absolute Gasteiger partial charge is 0.0822 e. The number of nitrogens with two attached hydrogens (primary N) is 1. The Morgan fingerprint density at radius 2 is 2.20 bits per heavy atom. The minimum absolute atomic E-state index is 0. The summed E-state index contributed by atoms with van der Waals surface area (Å²) in [6.45, 7) is 3.32. The summed E-state index contributed by atoms with van der Waals surface area (Å²) in [5.74, 6) is 0. The molecule has 1 fully saturated rings. The van der Waals surface area contributed by atoms with Gasteiger partial charge in [0.05, 0.1) is 12.7 Å². The molecule has 0 radical (unpaired) electrons. The van der Waals surface area contributed by atoms with Gasteiger partial charge in [0.25, 0.3) is 0 Å². The molecule has 1 rings (SSSR count). The Morgan fingerprint density at radius 3 is 2.50 bits per heavy atom. The minimum Gasteiger partial charge on any atom is -0.374 e. The lowest BCUT2D eigenvalue weighted by molar-refractivity contribution is 0.0346. The highest BCUT2D eigenvalue weighted by atomic mass is 35.5. The Kier molecular flexibility index (Phi) is 9.90. The highest BCUT2D eigenvalue weighted by Crippen LogP contribution is 1.91. The van der Waals surface area contributed by atoms with Gasteiger partial charge in [0.1, 0.15) is 0 Å². The molecule has 0 amide bonds. The van der Waals surface area contributed by atoms with Gasteiger partial charge < -0.3 is 15.8 Å². The fourth-order valence-electron chi connectivity index (χ4n) is 0.771. The predicted octanol–water partition coefficient (Wildman–Crippen LogP) is -0.223. The van der Waals surface area contributed by atoms with Crippen LogP contribution in [0.2, 0.25) is 0 Å². The second-order valence-corrected chi connectivity index (χ2v) is 1.93. The van der Waals surface area contributed by atoms with Crippen LogP contribution < -0.4 is 11.1 Å². The van der Waals surface area contributed by atoms with Crippen molar-refractivity contribution in [2.75, 3.05) is 26.2 Å². The van der Waals surface area contributed by atoms with Crippen molar-refractivity contribution in [3.8, 4) is 0 Å². The zero-order valence-electron chi connectivity index (χ0n) is 5.71. The van der Waals surface area contributed by atoms with Crippen LogP contribution in [0.15, 0.2) is 0 Å². The highest BCUT2D eigenvalue weighted by Gasteiger charge is 2.09. The molecule has 5 heteroatoms. The van der Waals surface area contributed by atoms with Gasteiger partial charge in [-0.2, -0.15) is 0 Å². The molecule has 0 saturated carbocycles. The van der Waals surface area contributed by atoms with E-state index in [0.29, 0.717) is 6.54 Å². The van der Waals surface area contributed by atoms with Crippen molar-refractivity contribution in [1.29, 1.82) is 0 Å². The third kappa shape index (κ3) is 4.30. The lowest BCUT2D eigenvalue weighted by atomic mass is 10.3. The van der Waals surface area contributed by atoms with Crippen LogP contribution >= 0.6 is 24.8 Å². The van der Waals surface area contributed by atoms with Gasteiger partial charge in [-0.3, -0.25) is 0 Å². The van der Waals surface area contributed by atoms with Crippen molar-refractivity contribution < 1.29 is 4.74 Å². The molecule has 0 spiro atoms. The second kappa shape index (κ2) is 7.57. The normalized spacial score (nSPS) is 24.3. The number of rotatable bonds is 1. The number of hydrogen-bond acceptors (Lipinski definition) is 3. The van der Waals surface area contributed by atoms with Gasteiger partial charge in [-0.1, -0.05) is 0 Å². The van der Waals surface area contributed by atoms with Gasteiger partial charge >= 0.3 is 0 Å². The molecule has 0 bridgehead atoms. The van der Waals surface area contributed by atoms with Crippen molar-refractivity contribution >= 4 is 24.8 Å². The van der Waals surface area contributed by atoms with E-state index in [4.69, 9.17) is 10.5 Å². The van der Waals surface area contributed by atoms with E-state index in [0.717, 1.165) is 19.7 Å². The van der Waals surface area contributed by atoms with Crippen LogP contribution in [0.4, 0.5) is 0 Å². The maximum absolute atomic E-state index is 5.34. The summed E-state index contributed by atoms with van der Waals surface area (Å²) in [4.78, 5) is 0. The van der Waals surface area contributed by atoms with Crippen LogP contribution in [0.5, 0.6) is 0 Å². The van der Waals surface area contributed by atoms with E-state index in [9.17, 15) is 0 Å². The molecule has 1 atom stereocenters. The second-order valence-electron chi connectivity index (χ2n) is 1.93. The molecule has 10 heavy (non-hydrogen) atoms. The predicted molar refractivity (Wildman–Crippen MR) is 46.2 cm³/mol. The van der Waals surface area contributed by atoms with Gasteiger partial charge in [-0.05, 0) is 0 Å². The van der Waals surface area contributed by atoms with Crippen molar-refractivity contribution in [2.45, 2.75) is 6.10 Å². The summed E-state index contributed by atoms with van der Waals surface area (Å²) in [5, 5.41) is 3.18. The van der Waals surface area contributed by atoms with Crippen LogP contribution in [0.25, 0.3) is 0 Å². The summed E-state index contributed by atoms with van der Waals surface area (Å²) >= 11 is 0. The fraction of sp³-hybridized carbons (Fsp3) is 1.00. The number of hydrogen-bond donors (Lipinski definition) is 2. The minimum atomic E-state index is 0. The van der Waals surface area contributed by atoms with E-state index < -0.39 is 0 Å². The fourth-order valence-corrected chi connectivity index (χ4v) is 0.771. The standard InChI is InChI=1S/C5H12N2O.2ClH/c6-3-5-4-7-1-2-8-5;;/h5,7H,1-4,6H2;2*1H. The van der Waals surface area contributed by atoms with Crippen LogP contribution in [0.3, 0.4) is 0 Å². The first-order valence-electron chi connectivity index (χ1n) is 2.96. The maximum atomic E-state index is 5.34. The first-order chi connectivity index (χ1) is 3.93. The summed E-state index contributed by atoms with van der Waals surface area (Å²) < 4.78 is 5.24. The lowest BCUT2D eigenvalue weighted by Gasteiger charge is -2.21. The molecular formula is C5H14Cl2N2O. The SMILES string of the molecule is Cl.Cl.NCC1CNCCO1. The molecule has 1 aliphatic rings. The zero-order valence-corrected chi connectivity index (χ0v) is 7.34. The summed E-state index contributed by atoms with van der Waals surface area (Å²) in [6, 6.07) is 0. The number of ether oxygens (including phenoxy) is 1. The third-order valence-corrected chi connectivity index (χ3v) is 1.27. The van der Waals surface area contributed by atoms with Crippen molar-refractivity contribution in [3.05, 3.63) is 0 Å². The number of nitrogens with one attached hydrogen (secondary N) is 1. The van der Waals surface area contributed by atoms with E-state index in [1.54, 1.807) is 0 Å². The van der Waals surface area contributed by atoms with Crippen LogP contribution in [0, 0.1) is 0 Å². The molecule has 1 saturated heterocycles. The average molecular weight is 189 g/mol. The maximum Gasteiger partial charge on any atom is 0.0822 e. The van der Waals surface area contributed by atoms with Crippen molar-refractivity contribution in [3.63, 3.8) is 0 Å². The average Bonchev–Trinajstić information content (AvgIpc) is 1.90. The van der Waals surface area contributed by atoms with Gasteiger partial charge in [0, 0.05) is 19.6 Å². The molecule has 1 heterocycles. The van der Waals surface area contributed by atoms with Crippen LogP contribution in [-0.4, -0.2) is 32.3 Å². The molecule has 64 valence electrons. The molecule has 3 N–H and O–H groups in total. The topological polar surface area (TPSA) is 47.3 Å². The van der Waals surface area contributed by atoms with E-state index >= 15 is 0 Å². The molecule has 0 aromatic heterocycles. The Balaban J connectivity index is 0. The third-order valence-electron chi connectivity index (χ3n) is 1.27. The lowest BCUT2D eigenvalue weighted by Crippen LogP contribution is -2.42. The van der Waals surface area contributed by atoms with E-state index in [2.05, 4.69) is 5.32 Å². The summed E-state index contributed by atoms with van der Waals surface area (Å²) in [5.41, 5.74) is 5.34. The Morgan fingerprint density at radius 1 is 1.50 bits per heavy atom. The molecule has 1 unspecified atom stereocenters. The van der Waals surface area contributed by atoms with Crippen molar-refractivity contribution in [1.82, 2.24) is 5.32 Å². The quantitative estimate of drug-likeness (QED) is 0.599. The van der Waals surface area contributed by atoms with Gasteiger partial charge in [-0.15, -0.1) is 24.8 Å². The molecule has 0 aromatic rings. The first-order valence-corrected chi connectivity index (χ1v) is 2.96. The molecule has 1 aliphatic heterocycles. The summed E-state index contributed by atoms with van der Waals surface area (Å²) in [7, 11) is 0. The Hall–Kier alpha value is 0.460. The first kappa shape index (κ1) is 13.1.